The van der Waals surface area contributed by atoms with Crippen molar-refractivity contribution in [1.82, 2.24) is 4.90 Å². The van der Waals surface area contributed by atoms with E-state index in [9.17, 15) is 4.79 Å². The molecule has 4 aromatic carbocycles. The van der Waals surface area contributed by atoms with Crippen molar-refractivity contribution in [3.8, 4) is 11.1 Å². The van der Waals surface area contributed by atoms with E-state index in [-0.39, 0.29) is 12.0 Å². The first-order valence-electron chi connectivity index (χ1n) is 12.2. The third-order valence-corrected chi connectivity index (χ3v) is 6.42. The minimum absolute atomic E-state index is 0.159. The summed E-state index contributed by atoms with van der Waals surface area (Å²) in [5.41, 5.74) is 6.24. The van der Waals surface area contributed by atoms with Gasteiger partial charge in [0.25, 0.3) is 0 Å². The molecule has 0 aliphatic rings. The van der Waals surface area contributed by atoms with E-state index in [0.29, 0.717) is 6.42 Å². The molecule has 0 amide bonds. The van der Waals surface area contributed by atoms with Crippen LogP contribution in [0.4, 0.5) is 0 Å². The van der Waals surface area contributed by atoms with Gasteiger partial charge in [0.05, 0.1) is 7.11 Å². The second-order valence-electron chi connectivity index (χ2n) is 8.91. The Balaban J connectivity index is 1.58. The Bertz CT molecular complexity index is 1120. The Morgan fingerprint density at radius 3 is 1.66 bits per heavy atom. The summed E-state index contributed by atoms with van der Waals surface area (Å²) in [4.78, 5) is 14.6. The topological polar surface area (TPSA) is 29.5 Å². The van der Waals surface area contributed by atoms with Crippen molar-refractivity contribution < 1.29 is 9.53 Å². The Morgan fingerprint density at radius 1 is 0.657 bits per heavy atom. The standard InChI is InChI=1S/C32H33NO2/c1-35-32(34)22-21-31(23-26-17-19-30(20-18-26)29-15-9-4-10-16-29)33(24-27-11-5-2-6-12-27)25-28-13-7-3-8-14-28/h2-20,31H,21-25H2,1H3/t31-/m0/s1. The fraction of sp³-hybridized carbons (Fsp3) is 0.219. The van der Waals surface area contributed by atoms with Gasteiger partial charge in [-0.15, -0.1) is 0 Å². The number of carbonyl (C=O) groups is 1. The van der Waals surface area contributed by atoms with E-state index in [2.05, 4.69) is 102 Å². The molecule has 1 atom stereocenters. The van der Waals surface area contributed by atoms with Crippen molar-refractivity contribution in [1.29, 1.82) is 0 Å². The zero-order valence-corrected chi connectivity index (χ0v) is 20.3. The largest absolute Gasteiger partial charge is 0.469 e. The van der Waals surface area contributed by atoms with Gasteiger partial charge in [0, 0.05) is 25.6 Å². The molecule has 0 spiro atoms. The number of carbonyl (C=O) groups excluding carboxylic acids is 1. The monoisotopic (exact) mass is 463 g/mol. The third kappa shape index (κ3) is 7.40. The van der Waals surface area contributed by atoms with Crippen molar-refractivity contribution in [3.05, 3.63) is 132 Å². The highest BCUT2D eigenvalue weighted by atomic mass is 16.5. The van der Waals surface area contributed by atoms with E-state index in [1.807, 2.05) is 18.2 Å². The van der Waals surface area contributed by atoms with Crippen LogP contribution in [0.5, 0.6) is 0 Å². The van der Waals surface area contributed by atoms with Gasteiger partial charge < -0.3 is 4.74 Å². The molecule has 0 heterocycles. The molecule has 0 aromatic heterocycles. The summed E-state index contributed by atoms with van der Waals surface area (Å²) in [5, 5.41) is 0. The van der Waals surface area contributed by atoms with Gasteiger partial charge in [-0.05, 0) is 40.7 Å². The molecule has 4 rings (SSSR count). The quantitative estimate of drug-likeness (QED) is 0.226. The van der Waals surface area contributed by atoms with Gasteiger partial charge in [-0.25, -0.2) is 0 Å². The number of nitrogens with zero attached hydrogens (tertiary/aromatic N) is 1. The van der Waals surface area contributed by atoms with Crippen molar-refractivity contribution in [2.45, 2.75) is 38.4 Å². The Kier molecular flexibility index (Phi) is 8.85. The van der Waals surface area contributed by atoms with Gasteiger partial charge in [-0.3, -0.25) is 9.69 Å². The molecule has 178 valence electrons. The van der Waals surface area contributed by atoms with E-state index in [1.165, 1.54) is 34.9 Å². The third-order valence-electron chi connectivity index (χ3n) is 6.42. The summed E-state index contributed by atoms with van der Waals surface area (Å²) >= 11 is 0. The number of hydrogen-bond donors (Lipinski definition) is 0. The Hall–Kier alpha value is -3.69. The molecular formula is C32H33NO2. The van der Waals surface area contributed by atoms with Crippen LogP contribution in [0.2, 0.25) is 0 Å². The summed E-state index contributed by atoms with van der Waals surface area (Å²) in [6.45, 7) is 1.65. The van der Waals surface area contributed by atoms with Crippen LogP contribution < -0.4 is 0 Å². The number of ether oxygens (including phenoxy) is 1. The van der Waals surface area contributed by atoms with Crippen molar-refractivity contribution in [3.63, 3.8) is 0 Å². The molecule has 0 unspecified atom stereocenters. The van der Waals surface area contributed by atoms with Gasteiger partial charge in [-0.1, -0.05) is 115 Å². The molecule has 0 aliphatic carbocycles. The second kappa shape index (κ2) is 12.7. The first-order chi connectivity index (χ1) is 17.2. The maximum atomic E-state index is 12.1. The number of esters is 1. The number of methoxy groups -OCH3 is 1. The van der Waals surface area contributed by atoms with E-state index in [1.54, 1.807) is 0 Å². The Labute approximate surface area is 209 Å². The molecule has 0 saturated heterocycles. The van der Waals surface area contributed by atoms with Crippen molar-refractivity contribution in [2.75, 3.05) is 7.11 Å². The average molecular weight is 464 g/mol. The number of benzene rings is 4. The zero-order chi connectivity index (χ0) is 24.3. The lowest BCUT2D eigenvalue weighted by Crippen LogP contribution is -2.36. The zero-order valence-electron chi connectivity index (χ0n) is 20.3. The summed E-state index contributed by atoms with van der Waals surface area (Å²) in [7, 11) is 1.46. The highest BCUT2D eigenvalue weighted by Gasteiger charge is 2.21. The molecule has 35 heavy (non-hydrogen) atoms. The molecule has 0 aliphatic heterocycles. The first kappa shape index (κ1) is 24.4. The van der Waals surface area contributed by atoms with Gasteiger partial charge in [0.1, 0.15) is 0 Å². The van der Waals surface area contributed by atoms with Crippen LogP contribution in [0.3, 0.4) is 0 Å². The maximum absolute atomic E-state index is 12.1. The fourth-order valence-electron chi connectivity index (χ4n) is 4.49. The molecule has 4 aromatic rings. The van der Waals surface area contributed by atoms with Crippen molar-refractivity contribution >= 4 is 5.97 Å². The van der Waals surface area contributed by atoms with Crippen LogP contribution in [0.25, 0.3) is 11.1 Å². The van der Waals surface area contributed by atoms with E-state index in [4.69, 9.17) is 4.74 Å². The molecule has 3 heteroatoms. The summed E-state index contributed by atoms with van der Waals surface area (Å²) in [6, 6.07) is 40.6. The molecule has 0 radical (unpaired) electrons. The van der Waals surface area contributed by atoms with Gasteiger partial charge in [0.15, 0.2) is 0 Å². The van der Waals surface area contributed by atoms with Crippen LogP contribution in [0.15, 0.2) is 115 Å². The first-order valence-corrected chi connectivity index (χ1v) is 12.2. The molecule has 0 saturated carbocycles. The maximum Gasteiger partial charge on any atom is 0.305 e. The molecule has 0 bridgehead atoms. The Morgan fingerprint density at radius 2 is 1.14 bits per heavy atom. The number of hydrogen-bond acceptors (Lipinski definition) is 3. The molecular weight excluding hydrogens is 430 g/mol. The lowest BCUT2D eigenvalue weighted by molar-refractivity contribution is -0.141. The highest BCUT2D eigenvalue weighted by Crippen LogP contribution is 2.23. The highest BCUT2D eigenvalue weighted by molar-refractivity contribution is 5.69. The summed E-state index contributed by atoms with van der Waals surface area (Å²) in [6.07, 6.45) is 2.02. The van der Waals surface area contributed by atoms with Crippen LogP contribution in [0, 0.1) is 0 Å². The van der Waals surface area contributed by atoms with E-state index >= 15 is 0 Å². The lowest BCUT2D eigenvalue weighted by atomic mass is 9.96. The normalized spacial score (nSPS) is 11.8. The van der Waals surface area contributed by atoms with E-state index < -0.39 is 0 Å². The molecule has 0 fully saturated rings. The smallest absolute Gasteiger partial charge is 0.305 e. The average Bonchev–Trinajstić information content (AvgIpc) is 2.92. The number of rotatable bonds is 11. The predicted octanol–water partition coefficient (Wildman–Crippen LogP) is 6.92. The minimum Gasteiger partial charge on any atom is -0.469 e. The van der Waals surface area contributed by atoms with Crippen LogP contribution in [-0.2, 0) is 29.0 Å². The van der Waals surface area contributed by atoms with Crippen molar-refractivity contribution in [2.24, 2.45) is 0 Å². The molecule has 3 nitrogen and oxygen atoms in total. The summed E-state index contributed by atoms with van der Waals surface area (Å²) < 4.78 is 4.97. The van der Waals surface area contributed by atoms with Crippen LogP contribution in [0.1, 0.15) is 29.5 Å². The van der Waals surface area contributed by atoms with E-state index in [0.717, 1.165) is 25.9 Å². The van der Waals surface area contributed by atoms with Gasteiger partial charge >= 0.3 is 5.97 Å². The van der Waals surface area contributed by atoms with Crippen LogP contribution >= 0.6 is 0 Å². The van der Waals surface area contributed by atoms with Gasteiger partial charge in [-0.2, -0.15) is 0 Å². The SMILES string of the molecule is COC(=O)CC[C@@H](Cc1ccc(-c2ccccc2)cc1)N(Cc1ccccc1)Cc1ccccc1. The fourth-order valence-corrected chi connectivity index (χ4v) is 4.49. The second-order valence-corrected chi connectivity index (χ2v) is 8.91. The van der Waals surface area contributed by atoms with Gasteiger partial charge in [0.2, 0.25) is 0 Å². The molecule has 0 N–H and O–H groups in total. The lowest BCUT2D eigenvalue weighted by Gasteiger charge is -2.32. The summed E-state index contributed by atoms with van der Waals surface area (Å²) in [5.74, 6) is -0.159. The minimum atomic E-state index is -0.159. The predicted molar refractivity (Wildman–Crippen MR) is 143 cm³/mol. The van der Waals surface area contributed by atoms with Crippen LogP contribution in [-0.4, -0.2) is 24.0 Å².